The maximum absolute atomic E-state index is 10.3. The second kappa shape index (κ2) is 4.27. The van der Waals surface area contributed by atoms with Crippen LogP contribution >= 0.6 is 0 Å². The number of nitrogens with zero attached hydrogens (tertiary/aromatic N) is 1. The lowest BCUT2D eigenvalue weighted by Gasteiger charge is -2.42. The number of aliphatic imine (C=N–C) groups is 1. The van der Waals surface area contributed by atoms with Crippen molar-refractivity contribution in [1.82, 2.24) is 0 Å². The molecule has 0 radical (unpaired) electrons. The summed E-state index contributed by atoms with van der Waals surface area (Å²) in [6.45, 7) is 6.62. The molecule has 0 saturated heterocycles. The van der Waals surface area contributed by atoms with Gasteiger partial charge in [0.25, 0.3) is 0 Å². The topological polar surface area (TPSA) is 29.4 Å². The van der Waals surface area contributed by atoms with Gasteiger partial charge in [-0.15, -0.1) is 0 Å². The van der Waals surface area contributed by atoms with Crippen LogP contribution in [0.15, 0.2) is 4.99 Å². The van der Waals surface area contributed by atoms with E-state index in [0.717, 1.165) is 12.8 Å². The van der Waals surface area contributed by atoms with Gasteiger partial charge in [-0.3, -0.25) is 0 Å². The summed E-state index contributed by atoms with van der Waals surface area (Å²) in [6, 6.07) is 0. The second-order valence-electron chi connectivity index (χ2n) is 4.91. The molecular formula is C12H21NO. The fraction of sp³-hybridized carbons (Fsp3) is 0.917. The van der Waals surface area contributed by atoms with Gasteiger partial charge in [-0.05, 0) is 38.0 Å². The SMILES string of the molecule is CCC1(CC)CCC(C)(N=C=O)CC1. The maximum Gasteiger partial charge on any atom is 0.235 e. The summed E-state index contributed by atoms with van der Waals surface area (Å²) in [7, 11) is 0. The van der Waals surface area contributed by atoms with Gasteiger partial charge in [0.05, 0.1) is 5.54 Å². The lowest BCUT2D eigenvalue weighted by molar-refractivity contribution is 0.127. The van der Waals surface area contributed by atoms with Crippen molar-refractivity contribution in [3.63, 3.8) is 0 Å². The van der Waals surface area contributed by atoms with Crippen molar-refractivity contribution in [3.05, 3.63) is 0 Å². The molecule has 80 valence electrons. The number of hydrogen-bond acceptors (Lipinski definition) is 2. The average molecular weight is 195 g/mol. The van der Waals surface area contributed by atoms with Crippen LogP contribution < -0.4 is 0 Å². The van der Waals surface area contributed by atoms with Gasteiger partial charge in [0.1, 0.15) is 0 Å². The van der Waals surface area contributed by atoms with E-state index < -0.39 is 0 Å². The fourth-order valence-electron chi connectivity index (χ4n) is 2.50. The largest absolute Gasteiger partial charge is 0.235 e. The van der Waals surface area contributed by atoms with E-state index in [1.807, 2.05) is 0 Å². The van der Waals surface area contributed by atoms with E-state index in [-0.39, 0.29) is 5.54 Å². The van der Waals surface area contributed by atoms with Crippen LogP contribution in [0, 0.1) is 5.41 Å². The molecular weight excluding hydrogens is 174 g/mol. The normalized spacial score (nSPS) is 23.9. The van der Waals surface area contributed by atoms with E-state index in [1.165, 1.54) is 25.7 Å². The van der Waals surface area contributed by atoms with E-state index >= 15 is 0 Å². The molecule has 0 bridgehead atoms. The first-order chi connectivity index (χ1) is 6.60. The van der Waals surface area contributed by atoms with Crippen molar-refractivity contribution in [1.29, 1.82) is 0 Å². The molecule has 0 amide bonds. The minimum absolute atomic E-state index is 0.115. The molecule has 1 rings (SSSR count). The minimum atomic E-state index is -0.115. The average Bonchev–Trinajstić information content (AvgIpc) is 2.20. The van der Waals surface area contributed by atoms with E-state index in [0.29, 0.717) is 5.41 Å². The number of hydrogen-bond donors (Lipinski definition) is 0. The Labute approximate surface area is 86.8 Å². The fourth-order valence-corrected chi connectivity index (χ4v) is 2.50. The highest BCUT2D eigenvalue weighted by atomic mass is 16.1. The molecule has 0 aliphatic heterocycles. The molecule has 0 aromatic carbocycles. The molecule has 2 heteroatoms. The molecule has 0 aromatic rings. The molecule has 0 heterocycles. The Morgan fingerprint density at radius 3 is 2.00 bits per heavy atom. The van der Waals surface area contributed by atoms with Gasteiger partial charge in [0, 0.05) is 0 Å². The first-order valence-electron chi connectivity index (χ1n) is 5.69. The predicted molar refractivity (Wildman–Crippen MR) is 58.0 cm³/mol. The Bertz CT molecular complexity index is 227. The summed E-state index contributed by atoms with van der Waals surface area (Å²) in [6.07, 6.45) is 8.74. The van der Waals surface area contributed by atoms with Crippen LogP contribution in [0.4, 0.5) is 0 Å². The highest BCUT2D eigenvalue weighted by Gasteiger charge is 2.38. The third kappa shape index (κ3) is 2.24. The summed E-state index contributed by atoms with van der Waals surface area (Å²) in [5.74, 6) is 0. The molecule has 1 saturated carbocycles. The summed E-state index contributed by atoms with van der Waals surface area (Å²) < 4.78 is 0. The van der Waals surface area contributed by atoms with Crippen LogP contribution in [0.1, 0.15) is 59.3 Å². The Morgan fingerprint density at radius 1 is 1.14 bits per heavy atom. The first-order valence-corrected chi connectivity index (χ1v) is 5.69. The molecule has 0 unspecified atom stereocenters. The molecule has 1 aliphatic rings. The highest BCUT2D eigenvalue weighted by Crippen LogP contribution is 2.46. The van der Waals surface area contributed by atoms with Crippen molar-refractivity contribution < 1.29 is 4.79 Å². The number of rotatable bonds is 3. The Hall–Kier alpha value is -0.620. The Balaban J connectivity index is 2.64. The van der Waals surface area contributed by atoms with Gasteiger partial charge < -0.3 is 0 Å². The third-order valence-electron chi connectivity index (χ3n) is 4.20. The predicted octanol–water partition coefficient (Wildman–Crippen LogP) is 3.46. The quantitative estimate of drug-likeness (QED) is 0.501. The molecule has 2 nitrogen and oxygen atoms in total. The minimum Gasteiger partial charge on any atom is -0.211 e. The lowest BCUT2D eigenvalue weighted by atomic mass is 9.65. The standard InChI is InChI=1S/C12H21NO/c1-4-12(5-2)8-6-11(3,7-9-12)13-10-14/h4-9H2,1-3H3. The van der Waals surface area contributed by atoms with E-state index in [2.05, 4.69) is 25.8 Å². The zero-order valence-corrected chi connectivity index (χ0v) is 9.60. The zero-order valence-electron chi connectivity index (χ0n) is 9.60. The van der Waals surface area contributed by atoms with Gasteiger partial charge in [-0.2, -0.15) is 4.99 Å². The van der Waals surface area contributed by atoms with Crippen LogP contribution in [0.3, 0.4) is 0 Å². The summed E-state index contributed by atoms with van der Waals surface area (Å²) in [5.41, 5.74) is 0.410. The summed E-state index contributed by atoms with van der Waals surface area (Å²) in [4.78, 5) is 14.2. The molecule has 1 aliphatic carbocycles. The zero-order chi connectivity index (χ0) is 10.7. The van der Waals surface area contributed by atoms with Crippen LogP contribution in [-0.2, 0) is 4.79 Å². The van der Waals surface area contributed by atoms with Gasteiger partial charge >= 0.3 is 0 Å². The molecule has 1 fully saturated rings. The number of carbonyl (C=O) groups excluding carboxylic acids is 1. The molecule has 14 heavy (non-hydrogen) atoms. The molecule has 0 N–H and O–H groups in total. The van der Waals surface area contributed by atoms with Crippen molar-refractivity contribution in [2.24, 2.45) is 10.4 Å². The van der Waals surface area contributed by atoms with Crippen LogP contribution in [0.5, 0.6) is 0 Å². The first kappa shape index (κ1) is 11.5. The van der Waals surface area contributed by atoms with Crippen molar-refractivity contribution >= 4 is 6.08 Å². The van der Waals surface area contributed by atoms with E-state index in [9.17, 15) is 4.79 Å². The van der Waals surface area contributed by atoms with Crippen molar-refractivity contribution in [3.8, 4) is 0 Å². The van der Waals surface area contributed by atoms with Crippen molar-refractivity contribution in [2.45, 2.75) is 64.8 Å². The smallest absolute Gasteiger partial charge is 0.211 e. The van der Waals surface area contributed by atoms with Gasteiger partial charge in [0.2, 0.25) is 6.08 Å². The van der Waals surface area contributed by atoms with Crippen LogP contribution in [-0.4, -0.2) is 11.6 Å². The third-order valence-corrected chi connectivity index (χ3v) is 4.20. The molecule has 0 aromatic heterocycles. The highest BCUT2D eigenvalue weighted by molar-refractivity contribution is 5.34. The van der Waals surface area contributed by atoms with Crippen molar-refractivity contribution in [2.75, 3.05) is 0 Å². The molecule has 0 spiro atoms. The second-order valence-corrected chi connectivity index (χ2v) is 4.91. The van der Waals surface area contributed by atoms with E-state index in [4.69, 9.17) is 0 Å². The lowest BCUT2D eigenvalue weighted by Crippen LogP contribution is -2.35. The van der Waals surface area contributed by atoms with Gasteiger partial charge in [-0.1, -0.05) is 26.7 Å². The Morgan fingerprint density at radius 2 is 1.64 bits per heavy atom. The summed E-state index contributed by atoms with van der Waals surface area (Å²) >= 11 is 0. The van der Waals surface area contributed by atoms with Crippen LogP contribution in [0.2, 0.25) is 0 Å². The summed E-state index contributed by atoms with van der Waals surface area (Å²) in [5, 5.41) is 0. The monoisotopic (exact) mass is 195 g/mol. The maximum atomic E-state index is 10.3. The Kier molecular flexibility index (Phi) is 3.49. The molecule has 0 atom stereocenters. The number of isocyanates is 1. The van der Waals surface area contributed by atoms with Gasteiger partial charge in [0.15, 0.2) is 0 Å². The van der Waals surface area contributed by atoms with Crippen LogP contribution in [0.25, 0.3) is 0 Å². The van der Waals surface area contributed by atoms with Gasteiger partial charge in [-0.25, -0.2) is 4.79 Å². The van der Waals surface area contributed by atoms with E-state index in [1.54, 1.807) is 6.08 Å².